The van der Waals surface area contributed by atoms with Crippen LogP contribution in [0, 0.1) is 6.92 Å². The molecule has 3 heterocycles. The molecule has 0 aliphatic carbocycles. The Bertz CT molecular complexity index is 601. The van der Waals surface area contributed by atoms with Crippen LogP contribution >= 0.6 is 0 Å². The molecule has 6 nitrogen and oxygen atoms in total. The predicted molar refractivity (Wildman–Crippen MR) is 80.4 cm³/mol. The Labute approximate surface area is 118 Å². The first kappa shape index (κ1) is 13.2. The normalized spacial score (nSPS) is 18.6. The number of H-pyrrole nitrogens is 1. The number of nitrogens with zero attached hydrogens (tertiary/aromatic N) is 3. The number of nitrogens with one attached hydrogen (secondary N) is 2. The highest BCUT2D eigenvalue weighted by Gasteiger charge is 2.17. The predicted octanol–water partition coefficient (Wildman–Crippen LogP) is 1.92. The molecule has 3 rings (SSSR count). The molecule has 0 bridgehead atoms. The number of aromatic amines is 1. The van der Waals surface area contributed by atoms with E-state index in [9.17, 15) is 0 Å². The lowest BCUT2D eigenvalue weighted by atomic mass is 10.2. The van der Waals surface area contributed by atoms with E-state index in [1.807, 2.05) is 25.9 Å². The molecule has 108 valence electrons. The van der Waals surface area contributed by atoms with E-state index in [0.29, 0.717) is 12.1 Å². The molecule has 1 aliphatic heterocycles. The van der Waals surface area contributed by atoms with Crippen molar-refractivity contribution in [2.75, 3.05) is 37.5 Å². The molecule has 1 aliphatic rings. The highest BCUT2D eigenvalue weighted by atomic mass is 16.5. The Morgan fingerprint density at radius 1 is 1.45 bits per heavy atom. The molecule has 1 saturated heterocycles. The third-order valence-electron chi connectivity index (χ3n) is 3.53. The van der Waals surface area contributed by atoms with Crippen molar-refractivity contribution in [1.82, 2.24) is 15.0 Å². The Balaban J connectivity index is 1.89. The van der Waals surface area contributed by atoms with E-state index in [0.717, 1.165) is 48.5 Å². The van der Waals surface area contributed by atoms with Crippen LogP contribution in [0.3, 0.4) is 0 Å². The van der Waals surface area contributed by atoms with E-state index in [1.54, 1.807) is 0 Å². The van der Waals surface area contributed by atoms with Crippen molar-refractivity contribution in [3.8, 4) is 0 Å². The summed E-state index contributed by atoms with van der Waals surface area (Å²) in [4.78, 5) is 14.3. The van der Waals surface area contributed by atoms with Gasteiger partial charge in [0, 0.05) is 32.9 Å². The van der Waals surface area contributed by atoms with Crippen molar-refractivity contribution in [1.29, 1.82) is 0 Å². The molecule has 1 unspecified atom stereocenters. The van der Waals surface area contributed by atoms with Crippen LogP contribution in [-0.4, -0.2) is 48.3 Å². The maximum atomic E-state index is 5.65. The summed E-state index contributed by atoms with van der Waals surface area (Å²) in [6, 6.07) is 2.08. The molecule has 6 heteroatoms. The Morgan fingerprint density at radius 3 is 3.00 bits per heavy atom. The molecule has 2 aromatic rings. The maximum Gasteiger partial charge on any atom is 0.228 e. The molecule has 1 atom stereocenters. The number of hydrogen-bond acceptors (Lipinski definition) is 5. The highest BCUT2D eigenvalue weighted by Crippen LogP contribution is 2.24. The second-order valence-electron chi connectivity index (χ2n) is 5.50. The minimum absolute atomic E-state index is 0.294. The van der Waals surface area contributed by atoms with Gasteiger partial charge in [0.2, 0.25) is 5.95 Å². The van der Waals surface area contributed by atoms with Gasteiger partial charge in [-0.15, -0.1) is 0 Å². The molecule has 0 radical (unpaired) electrons. The molecule has 0 saturated carbocycles. The first-order valence-corrected chi connectivity index (χ1v) is 7.03. The molecule has 0 amide bonds. The van der Waals surface area contributed by atoms with Gasteiger partial charge in [0.25, 0.3) is 0 Å². The van der Waals surface area contributed by atoms with Crippen LogP contribution < -0.4 is 10.2 Å². The highest BCUT2D eigenvalue weighted by molar-refractivity contribution is 5.88. The molecular weight excluding hydrogens is 254 g/mol. The van der Waals surface area contributed by atoms with Gasteiger partial charge in [-0.05, 0) is 25.8 Å². The fourth-order valence-electron chi connectivity index (χ4n) is 2.48. The van der Waals surface area contributed by atoms with Gasteiger partial charge in [0.1, 0.15) is 11.5 Å². The van der Waals surface area contributed by atoms with Gasteiger partial charge in [-0.25, -0.2) is 0 Å². The molecule has 2 N–H and O–H groups in total. The summed E-state index contributed by atoms with van der Waals surface area (Å²) in [5, 5.41) is 4.45. The minimum Gasteiger partial charge on any atom is -0.376 e. The summed E-state index contributed by atoms with van der Waals surface area (Å²) in [5.74, 6) is 1.58. The number of aromatic nitrogens is 3. The molecule has 2 aromatic heterocycles. The SMILES string of the molecule is Cc1cc2c(NCC3CCCO3)nc(N(C)C)nc2[nH]1. The minimum atomic E-state index is 0.294. The lowest BCUT2D eigenvalue weighted by Crippen LogP contribution is -2.20. The number of aryl methyl sites for hydroxylation is 1. The van der Waals surface area contributed by atoms with E-state index >= 15 is 0 Å². The standard InChI is InChI=1S/C14H21N5O/c1-9-7-11-12(15-8-10-5-4-6-20-10)17-14(19(2)3)18-13(11)16-9/h7,10H,4-6,8H2,1-3H3,(H2,15,16,17,18). The maximum absolute atomic E-state index is 5.65. The van der Waals surface area contributed by atoms with Crippen molar-refractivity contribution < 1.29 is 4.74 Å². The van der Waals surface area contributed by atoms with Crippen LogP contribution in [0.15, 0.2) is 6.07 Å². The molecule has 1 fully saturated rings. The lowest BCUT2D eigenvalue weighted by molar-refractivity contribution is 0.120. The van der Waals surface area contributed by atoms with Crippen LogP contribution in [-0.2, 0) is 4.74 Å². The Morgan fingerprint density at radius 2 is 2.30 bits per heavy atom. The quantitative estimate of drug-likeness (QED) is 0.892. The third kappa shape index (κ3) is 2.56. The number of fused-ring (bicyclic) bond motifs is 1. The second kappa shape index (κ2) is 5.28. The zero-order chi connectivity index (χ0) is 14.1. The summed E-state index contributed by atoms with van der Waals surface area (Å²) < 4.78 is 5.65. The van der Waals surface area contributed by atoms with Crippen molar-refractivity contribution in [3.63, 3.8) is 0 Å². The van der Waals surface area contributed by atoms with Crippen molar-refractivity contribution >= 4 is 22.8 Å². The van der Waals surface area contributed by atoms with Crippen LogP contribution in [0.25, 0.3) is 11.0 Å². The monoisotopic (exact) mass is 275 g/mol. The zero-order valence-corrected chi connectivity index (χ0v) is 12.2. The smallest absolute Gasteiger partial charge is 0.228 e. The van der Waals surface area contributed by atoms with Gasteiger partial charge < -0.3 is 19.9 Å². The van der Waals surface area contributed by atoms with Crippen molar-refractivity contribution in [2.24, 2.45) is 0 Å². The fourth-order valence-corrected chi connectivity index (χ4v) is 2.48. The lowest BCUT2D eigenvalue weighted by Gasteiger charge is -2.15. The van der Waals surface area contributed by atoms with Gasteiger partial charge >= 0.3 is 0 Å². The topological polar surface area (TPSA) is 66.1 Å². The molecular formula is C14H21N5O. The van der Waals surface area contributed by atoms with E-state index in [2.05, 4.69) is 26.3 Å². The second-order valence-corrected chi connectivity index (χ2v) is 5.50. The average Bonchev–Trinajstić information content (AvgIpc) is 3.03. The van der Waals surface area contributed by atoms with E-state index < -0.39 is 0 Å². The summed E-state index contributed by atoms with van der Waals surface area (Å²) in [7, 11) is 3.89. The van der Waals surface area contributed by atoms with Crippen LogP contribution in [0.2, 0.25) is 0 Å². The van der Waals surface area contributed by atoms with Crippen LogP contribution in [0.4, 0.5) is 11.8 Å². The third-order valence-corrected chi connectivity index (χ3v) is 3.53. The molecule has 0 aromatic carbocycles. The Hall–Kier alpha value is -1.82. The fraction of sp³-hybridized carbons (Fsp3) is 0.571. The van der Waals surface area contributed by atoms with E-state index in [4.69, 9.17) is 4.74 Å². The first-order valence-electron chi connectivity index (χ1n) is 7.03. The van der Waals surface area contributed by atoms with Crippen molar-refractivity contribution in [3.05, 3.63) is 11.8 Å². The first-order chi connectivity index (χ1) is 9.63. The van der Waals surface area contributed by atoms with Gasteiger partial charge in [-0.3, -0.25) is 0 Å². The number of rotatable bonds is 4. The number of hydrogen-bond donors (Lipinski definition) is 2. The molecule has 0 spiro atoms. The number of ether oxygens (including phenoxy) is 1. The summed E-state index contributed by atoms with van der Waals surface area (Å²) >= 11 is 0. The van der Waals surface area contributed by atoms with E-state index in [1.165, 1.54) is 0 Å². The van der Waals surface area contributed by atoms with Gasteiger partial charge in [0.15, 0.2) is 0 Å². The largest absolute Gasteiger partial charge is 0.376 e. The van der Waals surface area contributed by atoms with Crippen molar-refractivity contribution in [2.45, 2.75) is 25.9 Å². The van der Waals surface area contributed by atoms with Gasteiger partial charge in [0.05, 0.1) is 11.5 Å². The zero-order valence-electron chi connectivity index (χ0n) is 12.2. The summed E-state index contributed by atoms with van der Waals surface area (Å²) in [6.07, 6.45) is 2.56. The number of anilines is 2. The van der Waals surface area contributed by atoms with Gasteiger partial charge in [-0.1, -0.05) is 0 Å². The van der Waals surface area contributed by atoms with Gasteiger partial charge in [-0.2, -0.15) is 9.97 Å². The summed E-state index contributed by atoms with van der Waals surface area (Å²) in [6.45, 7) is 3.70. The van der Waals surface area contributed by atoms with E-state index in [-0.39, 0.29) is 0 Å². The van der Waals surface area contributed by atoms with Crippen LogP contribution in [0.5, 0.6) is 0 Å². The van der Waals surface area contributed by atoms with Crippen LogP contribution in [0.1, 0.15) is 18.5 Å². The average molecular weight is 275 g/mol. The summed E-state index contributed by atoms with van der Waals surface area (Å²) in [5.41, 5.74) is 1.96. The Kier molecular flexibility index (Phi) is 3.48. The molecule has 20 heavy (non-hydrogen) atoms.